The molecule has 2 aliphatic heterocycles. The number of carbonyl (C=O) groups excluding carboxylic acids is 2. The second kappa shape index (κ2) is 13.4. The van der Waals surface area contributed by atoms with E-state index in [0.29, 0.717) is 54.8 Å². The fourth-order valence-corrected chi connectivity index (χ4v) is 5.59. The predicted molar refractivity (Wildman–Crippen MR) is 160 cm³/mol. The molecule has 42 heavy (non-hydrogen) atoms. The van der Waals surface area contributed by atoms with E-state index in [9.17, 15) is 9.59 Å². The molecular formula is C31H36ClN5O5. The van der Waals surface area contributed by atoms with E-state index in [1.807, 2.05) is 48.1 Å². The highest BCUT2D eigenvalue weighted by Crippen LogP contribution is 2.39. The van der Waals surface area contributed by atoms with E-state index in [2.05, 4.69) is 4.90 Å². The summed E-state index contributed by atoms with van der Waals surface area (Å²) in [6.45, 7) is 3.63. The third kappa shape index (κ3) is 6.46. The van der Waals surface area contributed by atoms with Crippen LogP contribution in [-0.2, 0) is 16.6 Å². The number of ether oxygens (including phenoxy) is 3. The number of aromatic nitrogens is 1. The maximum atomic E-state index is 14.1. The van der Waals surface area contributed by atoms with Gasteiger partial charge in [-0.15, -0.1) is 0 Å². The Morgan fingerprint density at radius 3 is 2.55 bits per heavy atom. The van der Waals surface area contributed by atoms with Crippen LogP contribution in [0.4, 0.5) is 0 Å². The lowest BCUT2D eigenvalue weighted by Crippen LogP contribution is -2.46. The van der Waals surface area contributed by atoms with Gasteiger partial charge in [-0.25, -0.2) is 5.01 Å². The standard InChI is InChI=1S/C31H36ClN5O5/c1-34-12-6-9-27(34)26-20-28(24-19-22(40-2)10-11-29(24)41-3)37(33-26)30(38)21-36(14-13-35-15-17-42-18-16-35)31(39)23-7-4-5-8-25(23)32/h4-12,19,28H,13-18,20-21H2,1-3H3/t28-/m1/s1. The van der Waals surface area contributed by atoms with Gasteiger partial charge >= 0.3 is 0 Å². The summed E-state index contributed by atoms with van der Waals surface area (Å²) in [6.07, 6.45) is 2.42. The average molecular weight is 594 g/mol. The normalized spacial score (nSPS) is 17.2. The number of carbonyl (C=O) groups is 2. The number of benzene rings is 2. The summed E-state index contributed by atoms with van der Waals surface area (Å²) < 4.78 is 18.6. The molecule has 0 bridgehead atoms. The van der Waals surface area contributed by atoms with E-state index in [1.54, 1.807) is 43.4 Å². The van der Waals surface area contributed by atoms with Crippen molar-refractivity contribution in [1.29, 1.82) is 0 Å². The number of halogens is 1. The summed E-state index contributed by atoms with van der Waals surface area (Å²) in [5.74, 6) is 0.657. The van der Waals surface area contributed by atoms with Crippen LogP contribution in [0.3, 0.4) is 0 Å². The molecule has 0 unspecified atom stereocenters. The van der Waals surface area contributed by atoms with Gasteiger partial charge in [0.05, 0.1) is 55.5 Å². The zero-order valence-corrected chi connectivity index (χ0v) is 24.9. The number of aryl methyl sites for hydroxylation is 1. The van der Waals surface area contributed by atoms with Crippen LogP contribution >= 0.6 is 11.6 Å². The highest BCUT2D eigenvalue weighted by Gasteiger charge is 2.37. The topological polar surface area (TPSA) is 88.8 Å². The third-order valence-corrected chi connectivity index (χ3v) is 8.04. The van der Waals surface area contributed by atoms with E-state index in [1.165, 1.54) is 5.01 Å². The minimum Gasteiger partial charge on any atom is -0.497 e. The molecule has 11 heteroatoms. The van der Waals surface area contributed by atoms with E-state index < -0.39 is 6.04 Å². The Morgan fingerprint density at radius 1 is 1.07 bits per heavy atom. The first-order chi connectivity index (χ1) is 20.4. The monoisotopic (exact) mass is 593 g/mol. The molecule has 0 aliphatic carbocycles. The van der Waals surface area contributed by atoms with Gasteiger partial charge in [0.15, 0.2) is 0 Å². The lowest BCUT2D eigenvalue weighted by Gasteiger charge is -2.31. The van der Waals surface area contributed by atoms with Crippen molar-refractivity contribution in [3.05, 3.63) is 82.6 Å². The molecule has 1 fully saturated rings. The number of rotatable bonds is 10. The Bertz CT molecular complexity index is 1450. The Labute approximate surface area is 251 Å². The molecule has 0 N–H and O–H groups in total. The molecule has 0 radical (unpaired) electrons. The molecule has 0 spiro atoms. The van der Waals surface area contributed by atoms with Gasteiger partial charge in [0.1, 0.15) is 18.0 Å². The van der Waals surface area contributed by atoms with Gasteiger partial charge < -0.3 is 23.7 Å². The molecule has 1 aromatic heterocycles. The number of hydrazone groups is 1. The van der Waals surface area contributed by atoms with Crippen LogP contribution < -0.4 is 9.47 Å². The smallest absolute Gasteiger partial charge is 0.262 e. The Morgan fingerprint density at radius 2 is 1.86 bits per heavy atom. The van der Waals surface area contributed by atoms with Gasteiger partial charge in [-0.05, 0) is 42.5 Å². The molecule has 222 valence electrons. The molecular weight excluding hydrogens is 558 g/mol. The third-order valence-electron chi connectivity index (χ3n) is 7.71. The van der Waals surface area contributed by atoms with Gasteiger partial charge in [0.2, 0.25) is 0 Å². The molecule has 3 heterocycles. The van der Waals surface area contributed by atoms with Crippen molar-refractivity contribution in [3.8, 4) is 11.5 Å². The van der Waals surface area contributed by atoms with E-state index in [-0.39, 0.29) is 18.4 Å². The van der Waals surface area contributed by atoms with Crippen molar-refractivity contribution in [2.24, 2.45) is 12.1 Å². The Balaban J connectivity index is 1.46. The maximum Gasteiger partial charge on any atom is 0.262 e. The Hall–Kier alpha value is -3.86. The summed E-state index contributed by atoms with van der Waals surface area (Å²) in [7, 11) is 5.14. The molecule has 0 saturated carbocycles. The minimum absolute atomic E-state index is 0.166. The quantitative estimate of drug-likeness (QED) is 0.355. The van der Waals surface area contributed by atoms with Crippen LogP contribution in [0.2, 0.25) is 5.02 Å². The summed E-state index contributed by atoms with van der Waals surface area (Å²) in [5.41, 5.74) is 2.81. The van der Waals surface area contributed by atoms with Gasteiger partial charge in [-0.3, -0.25) is 14.5 Å². The maximum absolute atomic E-state index is 14.1. The average Bonchev–Trinajstić information content (AvgIpc) is 3.65. The molecule has 10 nitrogen and oxygen atoms in total. The van der Waals surface area contributed by atoms with Crippen molar-refractivity contribution in [1.82, 2.24) is 19.4 Å². The van der Waals surface area contributed by atoms with Crippen molar-refractivity contribution < 1.29 is 23.8 Å². The largest absolute Gasteiger partial charge is 0.497 e. The number of nitrogens with zero attached hydrogens (tertiary/aromatic N) is 5. The number of amides is 2. The summed E-state index contributed by atoms with van der Waals surface area (Å²) in [6, 6.07) is 15.9. The van der Waals surface area contributed by atoms with Gasteiger partial charge in [0.25, 0.3) is 11.8 Å². The highest BCUT2D eigenvalue weighted by atomic mass is 35.5. The van der Waals surface area contributed by atoms with Gasteiger partial charge in [-0.1, -0.05) is 23.7 Å². The van der Waals surface area contributed by atoms with E-state index in [0.717, 1.165) is 30.1 Å². The fraction of sp³-hybridized carbons (Fsp3) is 0.387. The van der Waals surface area contributed by atoms with Gasteiger partial charge in [0, 0.05) is 51.4 Å². The van der Waals surface area contributed by atoms with Gasteiger partial charge in [-0.2, -0.15) is 5.10 Å². The van der Waals surface area contributed by atoms with Crippen LogP contribution in [0, 0.1) is 0 Å². The number of hydrogen-bond donors (Lipinski definition) is 0. The lowest BCUT2D eigenvalue weighted by molar-refractivity contribution is -0.133. The van der Waals surface area contributed by atoms with Crippen LogP contribution in [0.5, 0.6) is 11.5 Å². The first-order valence-corrected chi connectivity index (χ1v) is 14.3. The first kappa shape index (κ1) is 29.6. The van der Waals surface area contributed by atoms with E-state index in [4.69, 9.17) is 30.9 Å². The van der Waals surface area contributed by atoms with Crippen molar-refractivity contribution >= 4 is 29.1 Å². The molecule has 3 aromatic rings. The molecule has 2 aliphatic rings. The number of hydrogen-bond acceptors (Lipinski definition) is 7. The second-order valence-electron chi connectivity index (χ2n) is 10.3. The summed E-state index contributed by atoms with van der Waals surface area (Å²) >= 11 is 6.41. The van der Waals surface area contributed by atoms with Crippen molar-refractivity contribution in [2.75, 3.05) is 60.2 Å². The zero-order chi connectivity index (χ0) is 29.6. The van der Waals surface area contributed by atoms with Crippen LogP contribution in [-0.4, -0.2) is 97.1 Å². The second-order valence-corrected chi connectivity index (χ2v) is 10.7. The minimum atomic E-state index is -0.455. The molecule has 2 aromatic carbocycles. The fourth-order valence-electron chi connectivity index (χ4n) is 5.38. The van der Waals surface area contributed by atoms with Crippen molar-refractivity contribution in [2.45, 2.75) is 12.5 Å². The molecule has 1 saturated heterocycles. The zero-order valence-electron chi connectivity index (χ0n) is 24.2. The first-order valence-electron chi connectivity index (χ1n) is 14.0. The number of methoxy groups -OCH3 is 2. The molecule has 2 amide bonds. The summed E-state index contributed by atoms with van der Waals surface area (Å²) in [4.78, 5) is 31.7. The van der Waals surface area contributed by atoms with Crippen LogP contribution in [0.15, 0.2) is 65.9 Å². The van der Waals surface area contributed by atoms with Crippen LogP contribution in [0.1, 0.15) is 34.1 Å². The van der Waals surface area contributed by atoms with Crippen molar-refractivity contribution in [3.63, 3.8) is 0 Å². The number of morpholine rings is 1. The molecule has 1 atom stereocenters. The van der Waals surface area contributed by atoms with E-state index >= 15 is 0 Å². The van der Waals surface area contributed by atoms with Crippen LogP contribution in [0.25, 0.3) is 0 Å². The highest BCUT2D eigenvalue weighted by molar-refractivity contribution is 6.33. The predicted octanol–water partition coefficient (Wildman–Crippen LogP) is 3.85. The summed E-state index contributed by atoms with van der Waals surface area (Å²) in [5, 5.41) is 6.66. The molecule has 5 rings (SSSR count). The SMILES string of the molecule is COc1ccc(OC)c([C@H]2CC(c3cccn3C)=NN2C(=O)CN(CCN2CCOCC2)C(=O)c2ccccc2Cl)c1. The Kier molecular flexibility index (Phi) is 9.46. The lowest BCUT2D eigenvalue weighted by atomic mass is 9.99.